The van der Waals surface area contributed by atoms with Crippen molar-refractivity contribution in [1.29, 1.82) is 0 Å². The molecule has 2 N–H and O–H groups in total. The van der Waals surface area contributed by atoms with Crippen molar-refractivity contribution in [3.8, 4) is 5.75 Å². The van der Waals surface area contributed by atoms with Crippen molar-refractivity contribution in [2.45, 2.75) is 20.3 Å². The Morgan fingerprint density at radius 3 is 2.22 bits per heavy atom. The lowest BCUT2D eigenvalue weighted by molar-refractivity contribution is -0.159. The van der Waals surface area contributed by atoms with Crippen LogP contribution in [0.25, 0.3) is 10.8 Å². The highest BCUT2D eigenvalue weighted by atomic mass is 16.5. The Balaban J connectivity index is 0.000000380. The van der Waals surface area contributed by atoms with Crippen LogP contribution in [0, 0.1) is 11.8 Å². The molecule has 0 aromatic heterocycles. The van der Waals surface area contributed by atoms with Crippen LogP contribution in [0.1, 0.15) is 20.3 Å². The third kappa shape index (κ3) is 6.57. The fourth-order valence-electron chi connectivity index (χ4n) is 3.58. The smallest absolute Gasteiger partial charge is 0.414 e. The van der Waals surface area contributed by atoms with Gasteiger partial charge in [0.05, 0.1) is 0 Å². The fraction of sp³-hybridized carbons (Fsp3) is 0.429. The van der Waals surface area contributed by atoms with Gasteiger partial charge in [0.25, 0.3) is 0 Å². The van der Waals surface area contributed by atoms with Crippen LogP contribution in [-0.4, -0.2) is 53.3 Å². The van der Waals surface area contributed by atoms with E-state index in [-0.39, 0.29) is 0 Å². The Labute approximate surface area is 159 Å². The van der Waals surface area contributed by atoms with E-state index in [1.165, 1.54) is 30.3 Å². The van der Waals surface area contributed by atoms with Crippen molar-refractivity contribution in [2.75, 3.05) is 26.2 Å². The van der Waals surface area contributed by atoms with E-state index in [9.17, 15) is 0 Å². The van der Waals surface area contributed by atoms with Gasteiger partial charge in [-0.1, -0.05) is 50.2 Å². The number of benzene rings is 2. The molecule has 0 amide bonds. The zero-order valence-corrected chi connectivity index (χ0v) is 15.8. The summed E-state index contributed by atoms with van der Waals surface area (Å²) in [6, 6.07) is 14.7. The second kappa shape index (κ2) is 9.92. The Morgan fingerprint density at radius 1 is 1.00 bits per heavy atom. The van der Waals surface area contributed by atoms with E-state index < -0.39 is 11.9 Å². The number of aliphatic carboxylic acids is 2. The lowest BCUT2D eigenvalue weighted by Gasteiger charge is -2.34. The number of carboxylic acid groups (broad SMARTS) is 2. The quantitative estimate of drug-likeness (QED) is 0.799. The van der Waals surface area contributed by atoms with Crippen molar-refractivity contribution in [2.24, 2.45) is 11.8 Å². The molecule has 1 heterocycles. The molecule has 1 fully saturated rings. The zero-order chi connectivity index (χ0) is 19.8. The van der Waals surface area contributed by atoms with Gasteiger partial charge >= 0.3 is 11.9 Å². The van der Waals surface area contributed by atoms with Gasteiger partial charge < -0.3 is 14.9 Å². The molecule has 2 atom stereocenters. The summed E-state index contributed by atoms with van der Waals surface area (Å²) in [6.07, 6.45) is 1.36. The lowest BCUT2D eigenvalue weighted by atomic mass is 9.92. The minimum atomic E-state index is -1.82. The summed E-state index contributed by atoms with van der Waals surface area (Å²) in [4.78, 5) is 20.7. The maximum atomic E-state index is 9.10. The van der Waals surface area contributed by atoms with Gasteiger partial charge in [-0.15, -0.1) is 0 Å². The summed E-state index contributed by atoms with van der Waals surface area (Å²) in [5.74, 6) is -1.02. The highest BCUT2D eigenvalue weighted by Gasteiger charge is 2.21. The van der Waals surface area contributed by atoms with Crippen molar-refractivity contribution in [3.05, 3.63) is 42.5 Å². The molecule has 27 heavy (non-hydrogen) atoms. The van der Waals surface area contributed by atoms with Crippen molar-refractivity contribution in [3.63, 3.8) is 0 Å². The number of piperidine rings is 1. The first-order valence-corrected chi connectivity index (χ1v) is 9.16. The summed E-state index contributed by atoms with van der Waals surface area (Å²) < 4.78 is 6.05. The molecule has 6 heteroatoms. The number of carbonyl (C=O) groups is 2. The highest BCUT2D eigenvalue weighted by molar-refractivity contribution is 6.27. The van der Waals surface area contributed by atoms with Gasteiger partial charge in [-0.25, -0.2) is 9.59 Å². The summed E-state index contributed by atoms with van der Waals surface area (Å²) in [6.45, 7) is 8.93. The van der Waals surface area contributed by atoms with Crippen LogP contribution in [0.2, 0.25) is 0 Å². The first kappa shape index (κ1) is 20.7. The molecular formula is C21H27NO5. The van der Waals surface area contributed by atoms with Gasteiger partial charge in [-0.3, -0.25) is 4.90 Å². The molecule has 146 valence electrons. The second-order valence-corrected chi connectivity index (χ2v) is 7.14. The van der Waals surface area contributed by atoms with E-state index in [0.29, 0.717) is 0 Å². The van der Waals surface area contributed by atoms with Crippen LogP contribution < -0.4 is 4.74 Å². The number of fused-ring (bicyclic) bond motifs is 1. The molecule has 0 spiro atoms. The minimum Gasteiger partial charge on any atom is -0.492 e. The highest BCUT2D eigenvalue weighted by Crippen LogP contribution is 2.25. The molecule has 1 aliphatic heterocycles. The minimum absolute atomic E-state index is 0.771. The summed E-state index contributed by atoms with van der Waals surface area (Å²) in [5, 5.41) is 17.2. The Kier molecular flexibility index (Phi) is 7.61. The van der Waals surface area contributed by atoms with Crippen LogP contribution in [0.15, 0.2) is 42.5 Å². The topological polar surface area (TPSA) is 87.1 Å². The molecule has 2 unspecified atom stereocenters. The van der Waals surface area contributed by atoms with Gasteiger partial charge in [0, 0.05) is 25.0 Å². The normalized spacial score (nSPS) is 19.8. The molecule has 1 saturated heterocycles. The maximum Gasteiger partial charge on any atom is 0.414 e. The molecule has 0 aliphatic carbocycles. The van der Waals surface area contributed by atoms with E-state index >= 15 is 0 Å². The van der Waals surface area contributed by atoms with Crippen molar-refractivity contribution in [1.82, 2.24) is 4.90 Å². The van der Waals surface area contributed by atoms with E-state index in [2.05, 4.69) is 61.2 Å². The third-order valence-electron chi connectivity index (χ3n) is 4.54. The number of rotatable bonds is 4. The summed E-state index contributed by atoms with van der Waals surface area (Å²) in [5.41, 5.74) is 0. The number of ether oxygens (including phenoxy) is 1. The van der Waals surface area contributed by atoms with Gasteiger partial charge in [0.15, 0.2) is 0 Å². The Morgan fingerprint density at radius 2 is 1.59 bits per heavy atom. The molecule has 2 aromatic carbocycles. The van der Waals surface area contributed by atoms with Gasteiger partial charge in [-0.05, 0) is 29.7 Å². The van der Waals surface area contributed by atoms with Gasteiger partial charge in [-0.2, -0.15) is 0 Å². The van der Waals surface area contributed by atoms with E-state index in [0.717, 1.165) is 30.7 Å². The summed E-state index contributed by atoms with van der Waals surface area (Å²) >= 11 is 0. The number of hydrogen-bond acceptors (Lipinski definition) is 4. The number of hydrogen-bond donors (Lipinski definition) is 2. The molecule has 6 nitrogen and oxygen atoms in total. The standard InChI is InChI=1S/C19H25NO.C2H2O4/c1-15-12-16(2)14-20(13-15)10-11-21-19-9-5-7-17-6-3-4-8-18(17)19;3-1(4)2(5)6/h3-9,15-16H,10-14H2,1-2H3;(H,3,4)(H,5,6). The predicted octanol–water partition coefficient (Wildman–Crippen LogP) is 3.35. The molecule has 1 aliphatic rings. The zero-order valence-electron chi connectivity index (χ0n) is 15.8. The largest absolute Gasteiger partial charge is 0.492 e. The van der Waals surface area contributed by atoms with Crippen LogP contribution >= 0.6 is 0 Å². The predicted molar refractivity (Wildman–Crippen MR) is 104 cm³/mol. The SMILES string of the molecule is CC1CC(C)CN(CCOc2cccc3ccccc23)C1.O=C(O)C(=O)O. The van der Waals surface area contributed by atoms with Crippen LogP contribution in [0.4, 0.5) is 0 Å². The Hall–Kier alpha value is -2.60. The number of nitrogens with zero attached hydrogens (tertiary/aromatic N) is 1. The van der Waals surface area contributed by atoms with Crippen LogP contribution in [-0.2, 0) is 9.59 Å². The van der Waals surface area contributed by atoms with E-state index in [1.54, 1.807) is 0 Å². The average molecular weight is 373 g/mol. The molecule has 2 aromatic rings. The molecule has 0 saturated carbocycles. The van der Waals surface area contributed by atoms with Crippen molar-refractivity contribution < 1.29 is 24.5 Å². The molecule has 0 bridgehead atoms. The summed E-state index contributed by atoms with van der Waals surface area (Å²) in [7, 11) is 0. The van der Waals surface area contributed by atoms with Gasteiger partial charge in [0.2, 0.25) is 0 Å². The monoisotopic (exact) mass is 373 g/mol. The van der Waals surface area contributed by atoms with E-state index in [1.807, 2.05) is 0 Å². The first-order chi connectivity index (χ1) is 12.9. The molecule has 0 radical (unpaired) electrons. The molecule has 3 rings (SSSR count). The molecular weight excluding hydrogens is 346 g/mol. The second-order valence-electron chi connectivity index (χ2n) is 7.14. The Bertz CT molecular complexity index is 749. The number of likely N-dealkylation sites (tertiary alicyclic amines) is 1. The maximum absolute atomic E-state index is 9.10. The van der Waals surface area contributed by atoms with E-state index in [4.69, 9.17) is 24.5 Å². The van der Waals surface area contributed by atoms with Crippen LogP contribution in [0.5, 0.6) is 5.75 Å². The van der Waals surface area contributed by atoms with Crippen molar-refractivity contribution >= 4 is 22.7 Å². The first-order valence-electron chi connectivity index (χ1n) is 9.16. The fourth-order valence-corrected chi connectivity index (χ4v) is 3.58. The van der Waals surface area contributed by atoms with Gasteiger partial charge in [0.1, 0.15) is 12.4 Å². The third-order valence-corrected chi connectivity index (χ3v) is 4.54. The lowest BCUT2D eigenvalue weighted by Crippen LogP contribution is -2.40. The number of carboxylic acids is 2. The van der Waals surface area contributed by atoms with Crippen LogP contribution in [0.3, 0.4) is 0 Å². The average Bonchev–Trinajstić information content (AvgIpc) is 2.61.